The van der Waals surface area contributed by atoms with Crippen LogP contribution in [-0.2, 0) is 10.0 Å². The molecule has 0 radical (unpaired) electrons. The molecule has 0 fully saturated rings. The summed E-state index contributed by atoms with van der Waals surface area (Å²) in [6.45, 7) is 5.65. The Labute approximate surface area is 170 Å². The van der Waals surface area contributed by atoms with Crippen LogP contribution < -0.4 is 9.62 Å². The van der Waals surface area contributed by atoms with Crippen molar-refractivity contribution < 1.29 is 17.9 Å². The maximum Gasteiger partial charge on any atom is 0.292 e. The van der Waals surface area contributed by atoms with Crippen molar-refractivity contribution in [2.75, 3.05) is 30.8 Å². The fourth-order valence-corrected chi connectivity index (χ4v) is 3.59. The van der Waals surface area contributed by atoms with Crippen molar-refractivity contribution in [2.45, 2.75) is 13.8 Å². The van der Waals surface area contributed by atoms with E-state index in [0.29, 0.717) is 24.2 Å². The average molecular weight is 416 g/mol. The SMILES string of the molecule is CCN(CCNS(C)(=O)=O)c1ccc(N=Cc2c(O)oc3ccccc23)c(C)c1. The van der Waals surface area contributed by atoms with Gasteiger partial charge in [-0.2, -0.15) is 0 Å². The molecule has 7 nitrogen and oxygen atoms in total. The number of hydrogen-bond acceptors (Lipinski definition) is 6. The number of likely N-dealkylation sites (N-methyl/N-ethyl adjacent to an activating group) is 1. The van der Waals surface area contributed by atoms with Gasteiger partial charge in [0.05, 0.1) is 17.5 Å². The van der Waals surface area contributed by atoms with Crippen LogP contribution in [0.15, 0.2) is 51.9 Å². The largest absolute Gasteiger partial charge is 0.480 e. The predicted molar refractivity (Wildman–Crippen MR) is 117 cm³/mol. The molecule has 154 valence electrons. The fraction of sp³-hybridized carbons (Fsp3) is 0.286. The number of aryl methyl sites for hydroxylation is 1. The van der Waals surface area contributed by atoms with Gasteiger partial charge in [0.2, 0.25) is 10.0 Å². The molecule has 0 aliphatic rings. The fourth-order valence-electron chi connectivity index (χ4n) is 3.13. The van der Waals surface area contributed by atoms with Crippen LogP contribution in [0.2, 0.25) is 0 Å². The second kappa shape index (κ2) is 8.67. The highest BCUT2D eigenvalue weighted by molar-refractivity contribution is 7.88. The van der Waals surface area contributed by atoms with E-state index in [2.05, 4.69) is 14.6 Å². The van der Waals surface area contributed by atoms with Crippen LogP contribution in [0.1, 0.15) is 18.1 Å². The van der Waals surface area contributed by atoms with Crippen molar-refractivity contribution >= 4 is 38.6 Å². The number of nitrogens with zero attached hydrogens (tertiary/aromatic N) is 2. The van der Waals surface area contributed by atoms with Gasteiger partial charge in [-0.3, -0.25) is 4.99 Å². The first kappa shape index (κ1) is 20.9. The van der Waals surface area contributed by atoms with Gasteiger partial charge >= 0.3 is 0 Å². The summed E-state index contributed by atoms with van der Waals surface area (Å²) in [6, 6.07) is 13.3. The maximum atomic E-state index is 11.2. The Balaban J connectivity index is 1.78. The zero-order valence-corrected chi connectivity index (χ0v) is 17.5. The van der Waals surface area contributed by atoms with Gasteiger partial charge in [0.25, 0.3) is 5.95 Å². The van der Waals surface area contributed by atoms with Crippen molar-refractivity contribution in [2.24, 2.45) is 4.99 Å². The molecule has 0 spiro atoms. The molecule has 0 saturated carbocycles. The Morgan fingerprint density at radius 3 is 2.69 bits per heavy atom. The molecule has 1 heterocycles. The number of hydrogen-bond donors (Lipinski definition) is 2. The summed E-state index contributed by atoms with van der Waals surface area (Å²) >= 11 is 0. The van der Waals surface area contributed by atoms with Crippen molar-refractivity contribution in [1.29, 1.82) is 0 Å². The summed E-state index contributed by atoms with van der Waals surface area (Å²) in [6.07, 6.45) is 2.76. The maximum absolute atomic E-state index is 11.2. The molecule has 0 saturated heterocycles. The summed E-state index contributed by atoms with van der Waals surface area (Å²) in [4.78, 5) is 6.62. The third kappa shape index (κ3) is 5.16. The minimum Gasteiger partial charge on any atom is -0.480 e. The normalized spacial score (nSPS) is 12.1. The molecule has 3 aromatic rings. The van der Waals surface area contributed by atoms with Crippen molar-refractivity contribution in [3.8, 4) is 5.95 Å². The first-order chi connectivity index (χ1) is 13.8. The molecule has 2 aromatic carbocycles. The van der Waals surface area contributed by atoms with Gasteiger partial charge in [-0.05, 0) is 43.7 Å². The predicted octanol–water partition coefficient (Wildman–Crippen LogP) is 3.57. The van der Waals surface area contributed by atoms with Crippen molar-refractivity contribution in [3.63, 3.8) is 0 Å². The smallest absolute Gasteiger partial charge is 0.292 e. The minimum absolute atomic E-state index is 0.153. The number of fused-ring (bicyclic) bond motifs is 1. The van der Waals surface area contributed by atoms with E-state index in [-0.39, 0.29) is 5.95 Å². The van der Waals surface area contributed by atoms with Crippen LogP contribution in [0.5, 0.6) is 5.95 Å². The van der Waals surface area contributed by atoms with Gasteiger partial charge in [-0.1, -0.05) is 18.2 Å². The highest BCUT2D eigenvalue weighted by Crippen LogP contribution is 2.30. The molecule has 0 amide bonds. The summed E-state index contributed by atoms with van der Waals surface area (Å²) in [5.41, 5.74) is 3.91. The number of aliphatic imine (C=N–C) groups is 1. The van der Waals surface area contributed by atoms with Gasteiger partial charge in [-0.15, -0.1) is 0 Å². The lowest BCUT2D eigenvalue weighted by molar-refractivity contribution is 0.346. The van der Waals surface area contributed by atoms with E-state index in [1.165, 1.54) is 0 Å². The molecule has 29 heavy (non-hydrogen) atoms. The van der Waals surface area contributed by atoms with E-state index < -0.39 is 10.0 Å². The molecular formula is C21H25N3O4S. The summed E-state index contributed by atoms with van der Waals surface area (Å²) in [7, 11) is -3.20. The lowest BCUT2D eigenvalue weighted by Crippen LogP contribution is -2.34. The lowest BCUT2D eigenvalue weighted by Gasteiger charge is -2.23. The van der Waals surface area contributed by atoms with E-state index in [1.54, 1.807) is 12.3 Å². The van der Waals surface area contributed by atoms with E-state index in [0.717, 1.165) is 35.1 Å². The second-order valence-corrected chi connectivity index (χ2v) is 8.63. The van der Waals surface area contributed by atoms with Crippen LogP contribution in [-0.4, -0.2) is 45.6 Å². The molecular weight excluding hydrogens is 390 g/mol. The molecule has 2 N–H and O–H groups in total. The standard InChI is InChI=1S/C21H25N3O4S/c1-4-24(12-11-23-29(3,26)27)16-9-10-19(15(2)13-16)22-14-18-17-7-5-6-8-20(17)28-21(18)25/h5-10,13-14,23,25H,4,11-12H2,1-3H3. The van der Waals surface area contributed by atoms with E-state index >= 15 is 0 Å². The van der Waals surface area contributed by atoms with Gasteiger partial charge < -0.3 is 14.4 Å². The number of benzene rings is 2. The lowest BCUT2D eigenvalue weighted by atomic mass is 10.1. The number of aromatic hydroxyl groups is 1. The molecule has 0 atom stereocenters. The van der Waals surface area contributed by atoms with Crippen LogP contribution in [0.25, 0.3) is 11.0 Å². The van der Waals surface area contributed by atoms with Crippen LogP contribution in [0, 0.1) is 6.92 Å². The third-order valence-corrected chi connectivity index (χ3v) is 5.35. The summed E-state index contributed by atoms with van der Waals surface area (Å²) < 4.78 is 30.3. The number of furan rings is 1. The number of rotatable bonds is 8. The van der Waals surface area contributed by atoms with Crippen LogP contribution in [0.3, 0.4) is 0 Å². The number of nitrogens with one attached hydrogen (secondary N) is 1. The quantitative estimate of drug-likeness (QED) is 0.549. The zero-order valence-electron chi connectivity index (χ0n) is 16.7. The highest BCUT2D eigenvalue weighted by Gasteiger charge is 2.11. The zero-order chi connectivity index (χ0) is 21.0. The Kier molecular flexibility index (Phi) is 6.24. The number of anilines is 1. The molecule has 0 aliphatic carbocycles. The Bertz CT molecular complexity index is 1140. The minimum atomic E-state index is -3.20. The van der Waals surface area contributed by atoms with Crippen LogP contribution in [0.4, 0.5) is 11.4 Å². The van der Waals surface area contributed by atoms with Crippen molar-refractivity contribution in [3.05, 3.63) is 53.6 Å². The number of sulfonamides is 1. The van der Waals surface area contributed by atoms with Gasteiger partial charge in [0.15, 0.2) is 0 Å². The van der Waals surface area contributed by atoms with E-state index in [4.69, 9.17) is 4.42 Å². The highest BCUT2D eigenvalue weighted by atomic mass is 32.2. The number of para-hydroxylation sites is 1. The molecule has 8 heteroatoms. The third-order valence-electron chi connectivity index (χ3n) is 4.62. The molecule has 1 aromatic heterocycles. The first-order valence-electron chi connectivity index (χ1n) is 9.33. The van der Waals surface area contributed by atoms with E-state index in [1.807, 2.05) is 50.2 Å². The second-order valence-electron chi connectivity index (χ2n) is 6.79. The average Bonchev–Trinajstić information content (AvgIpc) is 2.98. The molecule has 0 aliphatic heterocycles. The van der Waals surface area contributed by atoms with Crippen LogP contribution >= 0.6 is 0 Å². The van der Waals surface area contributed by atoms with Gasteiger partial charge in [0.1, 0.15) is 5.58 Å². The van der Waals surface area contributed by atoms with E-state index in [9.17, 15) is 13.5 Å². The topological polar surface area (TPSA) is 95.1 Å². The van der Waals surface area contributed by atoms with Crippen molar-refractivity contribution in [1.82, 2.24) is 4.72 Å². The Hall–Kier alpha value is -2.84. The summed E-state index contributed by atoms with van der Waals surface area (Å²) in [5, 5.41) is 10.9. The van der Waals surface area contributed by atoms with Gasteiger partial charge in [-0.25, -0.2) is 13.1 Å². The summed E-state index contributed by atoms with van der Waals surface area (Å²) in [5.74, 6) is -0.153. The Morgan fingerprint density at radius 1 is 1.24 bits per heavy atom. The Morgan fingerprint density at radius 2 is 2.00 bits per heavy atom. The monoisotopic (exact) mass is 415 g/mol. The molecule has 3 rings (SSSR count). The molecule has 0 unspecified atom stereocenters. The first-order valence-corrected chi connectivity index (χ1v) is 11.2. The molecule has 0 bridgehead atoms. The van der Waals surface area contributed by atoms with Gasteiger partial charge in [0, 0.05) is 36.9 Å².